The van der Waals surface area contributed by atoms with E-state index in [1.165, 1.54) is 4.31 Å². The van der Waals surface area contributed by atoms with Crippen LogP contribution in [-0.2, 0) is 14.8 Å². The first-order chi connectivity index (χ1) is 8.35. The number of hydrogen-bond acceptors (Lipinski definition) is 3. The summed E-state index contributed by atoms with van der Waals surface area (Å²) in [6.07, 6.45) is 2.93. The molecule has 0 bridgehead atoms. The minimum atomic E-state index is -3.08. The number of nitrogens with one attached hydrogen (secondary N) is 1. The summed E-state index contributed by atoms with van der Waals surface area (Å²) in [5.41, 5.74) is 0.957. The van der Waals surface area contributed by atoms with E-state index in [2.05, 4.69) is 5.32 Å². The molecular weight excluding hydrogens is 252 g/mol. The number of rotatable bonds is 4. The van der Waals surface area contributed by atoms with Gasteiger partial charge in [-0.3, -0.25) is 4.79 Å². The predicted octanol–water partition coefficient (Wildman–Crippen LogP) is 0.883. The van der Waals surface area contributed by atoms with Gasteiger partial charge in [-0.25, -0.2) is 12.7 Å². The second-order valence-corrected chi connectivity index (χ2v) is 7.06. The molecule has 18 heavy (non-hydrogen) atoms. The lowest BCUT2D eigenvalue weighted by atomic mass is 10.1. The highest BCUT2D eigenvalue weighted by Crippen LogP contribution is 2.14. The molecule has 1 N–H and O–H groups in total. The lowest BCUT2D eigenvalue weighted by molar-refractivity contribution is -0.117. The van der Waals surface area contributed by atoms with Crippen LogP contribution >= 0.6 is 0 Å². The summed E-state index contributed by atoms with van der Waals surface area (Å²) in [5.74, 6) is 0.0497. The number of carbonyl (C=O) groups is 1. The third-order valence-corrected chi connectivity index (χ3v) is 4.86. The molecule has 1 fully saturated rings. The summed E-state index contributed by atoms with van der Waals surface area (Å²) >= 11 is 0. The van der Waals surface area contributed by atoms with Gasteiger partial charge in [-0.1, -0.05) is 5.57 Å². The van der Waals surface area contributed by atoms with Crippen LogP contribution in [0.1, 0.15) is 33.6 Å². The molecule has 0 unspecified atom stereocenters. The van der Waals surface area contributed by atoms with E-state index >= 15 is 0 Å². The van der Waals surface area contributed by atoms with Gasteiger partial charge in [-0.15, -0.1) is 0 Å². The van der Waals surface area contributed by atoms with Crippen LogP contribution in [0.4, 0.5) is 0 Å². The minimum Gasteiger partial charge on any atom is -0.350 e. The number of hydrogen-bond donors (Lipinski definition) is 1. The van der Waals surface area contributed by atoms with Crippen molar-refractivity contribution in [3.63, 3.8) is 0 Å². The van der Waals surface area contributed by atoms with Gasteiger partial charge >= 0.3 is 0 Å². The van der Waals surface area contributed by atoms with E-state index < -0.39 is 10.0 Å². The van der Waals surface area contributed by atoms with E-state index in [0.717, 1.165) is 5.57 Å². The molecule has 0 aromatic heterocycles. The van der Waals surface area contributed by atoms with Crippen molar-refractivity contribution >= 4 is 15.9 Å². The van der Waals surface area contributed by atoms with E-state index in [-0.39, 0.29) is 17.7 Å². The second-order valence-electron chi connectivity index (χ2n) is 4.80. The molecule has 0 radical (unpaired) electrons. The van der Waals surface area contributed by atoms with E-state index in [0.29, 0.717) is 25.9 Å². The molecule has 0 atom stereocenters. The number of allylic oxidation sites excluding steroid dienone is 1. The topological polar surface area (TPSA) is 66.5 Å². The Morgan fingerprint density at radius 1 is 1.33 bits per heavy atom. The summed E-state index contributed by atoms with van der Waals surface area (Å²) < 4.78 is 24.8. The van der Waals surface area contributed by atoms with Gasteiger partial charge in [0.2, 0.25) is 15.9 Å². The lowest BCUT2D eigenvalue weighted by Gasteiger charge is -2.31. The molecule has 1 rings (SSSR count). The maximum absolute atomic E-state index is 11.7. The molecule has 0 aromatic carbocycles. The Morgan fingerprint density at radius 3 is 2.33 bits per heavy atom. The van der Waals surface area contributed by atoms with Crippen LogP contribution < -0.4 is 5.32 Å². The van der Waals surface area contributed by atoms with Crippen molar-refractivity contribution in [1.82, 2.24) is 9.62 Å². The first-order valence-corrected chi connectivity index (χ1v) is 7.89. The molecule has 104 valence electrons. The highest BCUT2D eigenvalue weighted by atomic mass is 32.2. The fourth-order valence-corrected chi connectivity index (χ4v) is 3.10. The molecule has 0 aromatic rings. The van der Waals surface area contributed by atoms with Crippen LogP contribution in [0, 0.1) is 0 Å². The Hall–Kier alpha value is -0.880. The molecule has 0 saturated carbocycles. The minimum absolute atomic E-state index is 0.0800. The second kappa shape index (κ2) is 6.33. The number of nitrogens with zero attached hydrogens (tertiary/aromatic N) is 1. The van der Waals surface area contributed by atoms with E-state index in [9.17, 15) is 13.2 Å². The molecule has 1 aliphatic rings. The van der Waals surface area contributed by atoms with Crippen LogP contribution in [0.5, 0.6) is 0 Å². The maximum Gasteiger partial charge on any atom is 0.244 e. The van der Waals surface area contributed by atoms with Gasteiger partial charge in [0.25, 0.3) is 0 Å². The van der Waals surface area contributed by atoms with Gasteiger partial charge < -0.3 is 5.32 Å². The zero-order valence-electron chi connectivity index (χ0n) is 11.3. The molecule has 0 aliphatic carbocycles. The van der Waals surface area contributed by atoms with Gasteiger partial charge in [0.1, 0.15) is 0 Å². The van der Waals surface area contributed by atoms with Crippen molar-refractivity contribution in [2.45, 2.75) is 39.7 Å². The normalized spacial score (nSPS) is 18.4. The summed E-state index contributed by atoms with van der Waals surface area (Å²) in [4.78, 5) is 11.5. The Labute approximate surface area is 109 Å². The third-order valence-electron chi connectivity index (χ3n) is 2.98. The van der Waals surface area contributed by atoms with Crippen LogP contribution in [0.2, 0.25) is 0 Å². The van der Waals surface area contributed by atoms with Crippen molar-refractivity contribution in [1.29, 1.82) is 0 Å². The first kappa shape index (κ1) is 15.2. The molecule has 1 saturated heterocycles. The quantitative estimate of drug-likeness (QED) is 0.774. The van der Waals surface area contributed by atoms with Crippen LogP contribution in [0.25, 0.3) is 0 Å². The zero-order valence-corrected chi connectivity index (χ0v) is 12.1. The van der Waals surface area contributed by atoms with Crippen LogP contribution in [0.3, 0.4) is 0 Å². The summed E-state index contributed by atoms with van der Waals surface area (Å²) in [6, 6.07) is 0.0800. The van der Waals surface area contributed by atoms with Gasteiger partial charge in [-0.2, -0.15) is 0 Å². The fraction of sp³-hybridized carbons (Fsp3) is 0.750. The van der Waals surface area contributed by atoms with Gasteiger partial charge in [0.05, 0.1) is 5.75 Å². The summed E-state index contributed by atoms with van der Waals surface area (Å²) in [5, 5.41) is 2.90. The molecule has 5 nitrogen and oxygen atoms in total. The van der Waals surface area contributed by atoms with Crippen molar-refractivity contribution < 1.29 is 13.2 Å². The summed E-state index contributed by atoms with van der Waals surface area (Å²) in [7, 11) is -3.08. The van der Waals surface area contributed by atoms with Crippen molar-refractivity contribution in [2.75, 3.05) is 18.8 Å². The van der Waals surface area contributed by atoms with Crippen molar-refractivity contribution in [3.05, 3.63) is 11.6 Å². The number of sulfonamides is 1. The largest absolute Gasteiger partial charge is 0.350 e. The molecule has 0 spiro atoms. The van der Waals surface area contributed by atoms with E-state index in [1.807, 2.05) is 13.8 Å². The van der Waals surface area contributed by atoms with Gasteiger partial charge in [0.15, 0.2) is 0 Å². The smallest absolute Gasteiger partial charge is 0.244 e. The average Bonchev–Trinajstić information content (AvgIpc) is 2.28. The first-order valence-electron chi connectivity index (χ1n) is 6.28. The molecule has 1 heterocycles. The van der Waals surface area contributed by atoms with E-state index in [4.69, 9.17) is 0 Å². The van der Waals surface area contributed by atoms with Crippen LogP contribution in [-0.4, -0.2) is 43.5 Å². The Morgan fingerprint density at radius 2 is 1.89 bits per heavy atom. The highest BCUT2D eigenvalue weighted by molar-refractivity contribution is 7.89. The summed E-state index contributed by atoms with van der Waals surface area (Å²) in [6.45, 7) is 6.38. The maximum atomic E-state index is 11.7. The monoisotopic (exact) mass is 274 g/mol. The number of carbonyl (C=O) groups excluding carboxylic acids is 1. The number of piperidine rings is 1. The van der Waals surface area contributed by atoms with Crippen molar-refractivity contribution in [3.8, 4) is 0 Å². The predicted molar refractivity (Wildman–Crippen MR) is 71.6 cm³/mol. The molecule has 1 aliphatic heterocycles. The van der Waals surface area contributed by atoms with Gasteiger partial charge in [0, 0.05) is 25.2 Å². The lowest BCUT2D eigenvalue weighted by Crippen LogP contribution is -2.46. The molecule has 6 heteroatoms. The highest BCUT2D eigenvalue weighted by Gasteiger charge is 2.26. The van der Waals surface area contributed by atoms with Crippen LogP contribution in [0.15, 0.2) is 11.6 Å². The van der Waals surface area contributed by atoms with Gasteiger partial charge in [-0.05, 0) is 33.6 Å². The number of amides is 1. The van der Waals surface area contributed by atoms with E-state index in [1.54, 1.807) is 13.0 Å². The SMILES string of the molecule is CCS(=O)(=O)N1CCC(NC(=O)C=C(C)C)CC1. The Kier molecular flexibility index (Phi) is 5.34. The third kappa shape index (κ3) is 4.42. The average molecular weight is 274 g/mol. The Bertz CT molecular complexity index is 417. The fourth-order valence-electron chi connectivity index (χ4n) is 1.97. The Balaban J connectivity index is 2.45. The molecular formula is C12H22N2O3S. The van der Waals surface area contributed by atoms with Crippen molar-refractivity contribution in [2.24, 2.45) is 0 Å². The zero-order chi connectivity index (χ0) is 13.8. The standard InChI is InChI=1S/C12H22N2O3S/c1-4-18(16,17)14-7-5-11(6-8-14)13-12(15)9-10(2)3/h9,11H,4-8H2,1-3H3,(H,13,15). The molecule has 1 amide bonds.